The molecule has 4 nitrogen and oxygen atoms in total. The number of aromatic nitrogens is 2. The molecule has 0 spiro atoms. The maximum Gasteiger partial charge on any atom is 2.00 e. The van der Waals surface area contributed by atoms with Gasteiger partial charge in [-0.25, -0.2) is 0 Å². The van der Waals surface area contributed by atoms with Crippen LogP contribution in [0.2, 0.25) is 0 Å². The molecule has 0 saturated carbocycles. The minimum absolute atomic E-state index is 0. The minimum atomic E-state index is 0. The van der Waals surface area contributed by atoms with Crippen LogP contribution in [0, 0.1) is 0 Å². The van der Waals surface area contributed by atoms with Crippen molar-refractivity contribution >= 4 is 70.9 Å². The zero-order chi connectivity index (χ0) is 25.9. The Morgan fingerprint density at radius 2 is 0.949 bits per heavy atom. The van der Waals surface area contributed by atoms with Gasteiger partial charge in [0.15, 0.2) is 0 Å². The first kappa shape index (κ1) is 26.7. The van der Waals surface area contributed by atoms with Gasteiger partial charge in [-0.2, -0.15) is 9.79 Å². The molecule has 0 aliphatic rings. The average molecular weight is 590 g/mol. The number of pyridine rings is 2. The fraction of sp³-hybridized carbons (Fsp3) is 0. The fourth-order valence-electron chi connectivity index (χ4n) is 4.44. The smallest absolute Gasteiger partial charge is 0.779 e. The summed E-state index contributed by atoms with van der Waals surface area (Å²) in [6, 6.07) is 31.7. The number of benzene rings is 4. The summed E-state index contributed by atoms with van der Waals surface area (Å²) in [5.41, 5.74) is 6.91. The van der Waals surface area contributed by atoms with Gasteiger partial charge in [-0.05, 0) is 35.4 Å². The normalized spacial score (nSPS) is 11.4. The van der Waals surface area contributed by atoms with Crippen molar-refractivity contribution in [1.29, 1.82) is 0 Å². The Morgan fingerprint density at radius 1 is 0.513 bits per heavy atom. The van der Waals surface area contributed by atoms with Gasteiger partial charge in [-0.3, -0.25) is 20.0 Å². The van der Waals surface area contributed by atoms with E-state index < -0.39 is 0 Å². The molecule has 2 aromatic heterocycles. The number of aliphatic imine (C=N–C) groups is 2. The van der Waals surface area contributed by atoms with E-state index >= 15 is 0 Å². The van der Waals surface area contributed by atoms with Crippen LogP contribution in [0.25, 0.3) is 32.9 Å². The van der Waals surface area contributed by atoms with E-state index in [-0.39, 0.29) is 19.5 Å². The third-order valence-corrected chi connectivity index (χ3v) is 7.02. The van der Waals surface area contributed by atoms with Gasteiger partial charge in [-0.15, -0.1) is 0 Å². The number of rotatable bonds is 5. The Balaban J connectivity index is 0.00000308. The Morgan fingerprint density at radius 3 is 1.41 bits per heavy atom. The molecular weight excluding hydrogens is 570 g/mol. The summed E-state index contributed by atoms with van der Waals surface area (Å²) in [5.74, 6) is 0. The monoisotopic (exact) mass is 588 g/mol. The summed E-state index contributed by atoms with van der Waals surface area (Å²) in [6.45, 7) is 0. The molecule has 0 amide bonds. The van der Waals surface area contributed by atoms with E-state index in [1.807, 2.05) is 97.4 Å². The maximum absolute atomic E-state index is 5.60. The molecule has 0 aliphatic carbocycles. The van der Waals surface area contributed by atoms with Crippen molar-refractivity contribution in [2.24, 2.45) is 9.98 Å². The van der Waals surface area contributed by atoms with E-state index in [1.54, 1.807) is 12.4 Å². The second-order valence-electron chi connectivity index (χ2n) is 8.66. The number of fused-ring (bicyclic) bond motifs is 2. The Hall–Kier alpha value is -3.90. The third kappa shape index (κ3) is 5.48. The summed E-state index contributed by atoms with van der Waals surface area (Å²) in [4.78, 5) is 20.2. The maximum atomic E-state index is 5.60. The number of nitrogens with zero attached hydrogens (tertiary/aromatic N) is 4. The summed E-state index contributed by atoms with van der Waals surface area (Å²) in [5, 5.41) is 2.05. The van der Waals surface area contributed by atoms with Crippen LogP contribution >= 0.6 is 0 Å². The van der Waals surface area contributed by atoms with E-state index in [0.29, 0.717) is 9.79 Å². The first-order valence-corrected chi connectivity index (χ1v) is 12.9. The zero-order valence-electron chi connectivity index (χ0n) is 20.9. The summed E-state index contributed by atoms with van der Waals surface area (Å²) in [7, 11) is 0. The summed E-state index contributed by atoms with van der Waals surface area (Å²) >= 11 is 11.2. The van der Waals surface area contributed by atoms with Crippen molar-refractivity contribution in [3.05, 3.63) is 121 Å². The Bertz CT molecular complexity index is 1730. The van der Waals surface area contributed by atoms with Gasteiger partial charge in [0.05, 0.1) is 22.4 Å². The third-order valence-electron chi connectivity index (χ3n) is 6.31. The van der Waals surface area contributed by atoms with Crippen molar-refractivity contribution in [3.8, 4) is 11.1 Å². The Labute approximate surface area is 250 Å². The van der Waals surface area contributed by atoms with Gasteiger partial charge < -0.3 is 25.3 Å². The number of hydrogen-bond donors (Lipinski definition) is 0. The molecule has 4 aromatic carbocycles. The molecule has 0 N–H and O–H groups in total. The van der Waals surface area contributed by atoms with Gasteiger partial charge in [-0.1, -0.05) is 72.8 Å². The van der Waals surface area contributed by atoms with Crippen LogP contribution < -0.4 is 0 Å². The molecule has 6 rings (SSSR count). The second kappa shape index (κ2) is 11.9. The van der Waals surface area contributed by atoms with Gasteiger partial charge in [0, 0.05) is 46.7 Å². The van der Waals surface area contributed by atoms with Crippen LogP contribution in [0.15, 0.2) is 129 Å². The molecular formula is C32H20N4S2Zn. The van der Waals surface area contributed by atoms with Crippen molar-refractivity contribution in [3.63, 3.8) is 0 Å². The topological polar surface area (TPSA) is 50.5 Å². The first-order valence-electron chi connectivity index (χ1n) is 12.0. The molecule has 0 radical (unpaired) electrons. The molecule has 0 saturated heterocycles. The average Bonchev–Trinajstić information content (AvgIpc) is 2.96. The van der Waals surface area contributed by atoms with Gasteiger partial charge in [0.25, 0.3) is 0 Å². The van der Waals surface area contributed by atoms with E-state index in [0.717, 1.165) is 55.4 Å². The van der Waals surface area contributed by atoms with E-state index in [9.17, 15) is 0 Å². The molecule has 39 heavy (non-hydrogen) atoms. The van der Waals surface area contributed by atoms with Crippen LogP contribution in [0.5, 0.6) is 0 Å². The SMILES string of the molecule is [S-]c1ccc2cccnc2c1C=Nc1ccccc1-c1ccccc1N=Cc1c([S-])ccc2cccnc12.[Zn+2]. The van der Waals surface area contributed by atoms with E-state index in [4.69, 9.17) is 35.2 Å². The van der Waals surface area contributed by atoms with Crippen molar-refractivity contribution in [2.45, 2.75) is 9.79 Å². The molecule has 0 unspecified atom stereocenters. The number of hydrogen-bond acceptors (Lipinski definition) is 6. The largest absolute Gasteiger partial charge is 2.00 e. The first-order chi connectivity index (χ1) is 18.7. The standard InChI is InChI=1S/C32H22N4S2.Zn/c37-29-15-13-21-7-5-17-33-31(21)25(29)19-35-27-11-3-1-9-23(27)24-10-2-4-12-28(24)36-20-26-30(38)16-14-22-8-6-18-34-32(22)26;/h1-20,37-38H;/q;+2/p-2. The molecule has 0 fully saturated rings. The minimum Gasteiger partial charge on any atom is -0.779 e. The Kier molecular flexibility index (Phi) is 8.13. The molecule has 0 aliphatic heterocycles. The molecule has 0 atom stereocenters. The molecule has 6 aromatic rings. The van der Waals surface area contributed by atoms with Gasteiger partial charge >= 0.3 is 19.5 Å². The van der Waals surface area contributed by atoms with Gasteiger partial charge in [0.1, 0.15) is 0 Å². The van der Waals surface area contributed by atoms with Crippen molar-refractivity contribution in [1.82, 2.24) is 9.97 Å². The van der Waals surface area contributed by atoms with Crippen LogP contribution in [0.1, 0.15) is 11.1 Å². The zero-order valence-corrected chi connectivity index (χ0v) is 25.5. The second-order valence-corrected chi connectivity index (χ2v) is 9.54. The number of para-hydroxylation sites is 2. The van der Waals surface area contributed by atoms with Crippen LogP contribution in [-0.4, -0.2) is 22.4 Å². The van der Waals surface area contributed by atoms with Gasteiger partial charge in [0.2, 0.25) is 0 Å². The summed E-state index contributed by atoms with van der Waals surface area (Å²) < 4.78 is 0. The van der Waals surface area contributed by atoms with E-state index in [2.05, 4.69) is 22.1 Å². The molecule has 182 valence electrons. The molecule has 2 heterocycles. The predicted octanol–water partition coefficient (Wildman–Crippen LogP) is 7.76. The van der Waals surface area contributed by atoms with Crippen molar-refractivity contribution < 1.29 is 19.5 Å². The summed E-state index contributed by atoms with van der Waals surface area (Å²) in [6.07, 6.45) is 7.17. The molecule has 7 heteroatoms. The van der Waals surface area contributed by atoms with Crippen LogP contribution in [0.4, 0.5) is 11.4 Å². The van der Waals surface area contributed by atoms with Crippen LogP contribution in [-0.2, 0) is 44.7 Å². The molecule has 0 bridgehead atoms. The van der Waals surface area contributed by atoms with Crippen LogP contribution in [0.3, 0.4) is 0 Å². The predicted molar refractivity (Wildman–Crippen MR) is 161 cm³/mol. The fourth-order valence-corrected chi connectivity index (χ4v) is 4.88. The van der Waals surface area contributed by atoms with Crippen molar-refractivity contribution in [2.75, 3.05) is 0 Å². The van der Waals surface area contributed by atoms with E-state index in [1.165, 1.54) is 0 Å². The quantitative estimate of drug-likeness (QED) is 0.117.